The van der Waals surface area contributed by atoms with Crippen LogP contribution in [0.1, 0.15) is 47.0 Å². The van der Waals surface area contributed by atoms with Gasteiger partial charge in [0.2, 0.25) is 11.8 Å². The second-order valence-corrected chi connectivity index (χ2v) is 4.88. The number of hydrogen-bond donors (Lipinski definition) is 1. The maximum absolute atomic E-state index is 12.4. The third-order valence-corrected chi connectivity index (χ3v) is 3.29. The first-order valence-electron chi connectivity index (χ1n) is 7.64. The summed E-state index contributed by atoms with van der Waals surface area (Å²) in [4.78, 5) is 36.4. The topological polar surface area (TPSA) is 75.7 Å². The molecule has 0 spiro atoms. The van der Waals surface area contributed by atoms with Crippen LogP contribution in [-0.2, 0) is 19.1 Å². The van der Waals surface area contributed by atoms with E-state index in [1.165, 1.54) is 6.92 Å². The molecule has 0 unspecified atom stereocenters. The maximum Gasteiger partial charge on any atom is 0.307 e. The van der Waals surface area contributed by atoms with Gasteiger partial charge in [0.05, 0.1) is 13.0 Å². The number of carbonyl (C=O) groups is 3. The molecule has 0 bridgehead atoms. The summed E-state index contributed by atoms with van der Waals surface area (Å²) in [6.07, 6.45) is 1.72. The number of nitrogens with zero attached hydrogens (tertiary/aromatic N) is 1. The Kier molecular flexibility index (Phi) is 10.3. The third kappa shape index (κ3) is 8.32. The Morgan fingerprint density at radius 1 is 1.10 bits per heavy atom. The quantitative estimate of drug-likeness (QED) is 0.618. The Bertz CT molecular complexity index is 341. The van der Waals surface area contributed by atoms with Gasteiger partial charge < -0.3 is 15.0 Å². The SMILES string of the molecule is CCOC(=O)CCN(CCNC(C)=O)C(=O)C(CC)CC. The number of esters is 1. The van der Waals surface area contributed by atoms with Crippen molar-refractivity contribution < 1.29 is 19.1 Å². The molecule has 21 heavy (non-hydrogen) atoms. The summed E-state index contributed by atoms with van der Waals surface area (Å²) in [6, 6.07) is 0. The minimum Gasteiger partial charge on any atom is -0.466 e. The Hall–Kier alpha value is -1.59. The van der Waals surface area contributed by atoms with Gasteiger partial charge in [-0.2, -0.15) is 0 Å². The highest BCUT2D eigenvalue weighted by atomic mass is 16.5. The zero-order chi connectivity index (χ0) is 16.3. The van der Waals surface area contributed by atoms with E-state index >= 15 is 0 Å². The van der Waals surface area contributed by atoms with Crippen LogP contribution in [0.3, 0.4) is 0 Å². The van der Waals surface area contributed by atoms with Gasteiger partial charge in [0.15, 0.2) is 0 Å². The van der Waals surface area contributed by atoms with E-state index in [2.05, 4.69) is 5.32 Å². The molecule has 0 aromatic carbocycles. The van der Waals surface area contributed by atoms with Crippen LogP contribution in [0.15, 0.2) is 0 Å². The van der Waals surface area contributed by atoms with E-state index in [1.807, 2.05) is 13.8 Å². The first-order valence-corrected chi connectivity index (χ1v) is 7.64. The van der Waals surface area contributed by atoms with Gasteiger partial charge in [-0.05, 0) is 19.8 Å². The van der Waals surface area contributed by atoms with E-state index in [-0.39, 0.29) is 30.1 Å². The van der Waals surface area contributed by atoms with Crippen molar-refractivity contribution in [3.05, 3.63) is 0 Å². The average Bonchev–Trinajstić information content (AvgIpc) is 2.43. The standard InChI is InChI=1S/C15H28N2O4/c1-5-13(6-2)15(20)17(11-9-16-12(4)18)10-8-14(19)21-7-3/h13H,5-11H2,1-4H3,(H,16,18). The summed E-state index contributed by atoms with van der Waals surface area (Å²) in [7, 11) is 0. The third-order valence-electron chi connectivity index (χ3n) is 3.29. The van der Waals surface area contributed by atoms with E-state index < -0.39 is 0 Å². The molecular weight excluding hydrogens is 272 g/mol. The highest BCUT2D eigenvalue weighted by Gasteiger charge is 2.22. The fourth-order valence-electron chi connectivity index (χ4n) is 2.05. The molecular formula is C15H28N2O4. The Morgan fingerprint density at radius 3 is 2.19 bits per heavy atom. The molecule has 0 fully saturated rings. The summed E-state index contributed by atoms with van der Waals surface area (Å²) in [5.74, 6) is -0.436. The molecule has 0 aromatic rings. The van der Waals surface area contributed by atoms with E-state index in [0.717, 1.165) is 12.8 Å². The lowest BCUT2D eigenvalue weighted by molar-refractivity contribution is -0.144. The molecule has 0 heterocycles. The monoisotopic (exact) mass is 300 g/mol. The minimum atomic E-state index is -0.306. The number of nitrogens with one attached hydrogen (secondary N) is 1. The lowest BCUT2D eigenvalue weighted by Crippen LogP contribution is -2.42. The van der Waals surface area contributed by atoms with Crippen LogP contribution >= 0.6 is 0 Å². The highest BCUT2D eigenvalue weighted by molar-refractivity contribution is 5.79. The highest BCUT2D eigenvalue weighted by Crippen LogP contribution is 2.12. The van der Waals surface area contributed by atoms with E-state index in [1.54, 1.807) is 11.8 Å². The van der Waals surface area contributed by atoms with Gasteiger partial charge in [-0.15, -0.1) is 0 Å². The largest absolute Gasteiger partial charge is 0.466 e. The lowest BCUT2D eigenvalue weighted by atomic mass is 10.0. The fourth-order valence-corrected chi connectivity index (χ4v) is 2.05. The second kappa shape index (κ2) is 11.1. The predicted molar refractivity (Wildman–Crippen MR) is 80.6 cm³/mol. The van der Waals surface area contributed by atoms with Crippen LogP contribution in [0.4, 0.5) is 0 Å². The van der Waals surface area contributed by atoms with Crippen molar-refractivity contribution in [2.24, 2.45) is 5.92 Å². The molecule has 0 saturated carbocycles. The van der Waals surface area contributed by atoms with Crippen LogP contribution in [0.5, 0.6) is 0 Å². The number of amides is 2. The van der Waals surface area contributed by atoms with Gasteiger partial charge in [-0.1, -0.05) is 13.8 Å². The van der Waals surface area contributed by atoms with Crippen molar-refractivity contribution in [1.82, 2.24) is 10.2 Å². The molecule has 6 nitrogen and oxygen atoms in total. The molecule has 2 amide bonds. The van der Waals surface area contributed by atoms with Gasteiger partial charge >= 0.3 is 5.97 Å². The lowest BCUT2D eigenvalue weighted by Gasteiger charge is -2.26. The number of hydrogen-bond acceptors (Lipinski definition) is 4. The number of carbonyl (C=O) groups excluding carboxylic acids is 3. The van der Waals surface area contributed by atoms with Gasteiger partial charge in [0.25, 0.3) is 0 Å². The van der Waals surface area contributed by atoms with Crippen LogP contribution in [0.25, 0.3) is 0 Å². The summed E-state index contributed by atoms with van der Waals surface area (Å²) in [6.45, 7) is 8.61. The molecule has 0 aliphatic carbocycles. The van der Waals surface area contributed by atoms with Crippen molar-refractivity contribution in [1.29, 1.82) is 0 Å². The Labute approximate surface area is 127 Å². The molecule has 0 atom stereocenters. The zero-order valence-electron chi connectivity index (χ0n) is 13.6. The molecule has 0 aliphatic rings. The normalized spacial score (nSPS) is 10.3. The Balaban J connectivity index is 4.55. The molecule has 0 saturated heterocycles. The molecule has 1 N–H and O–H groups in total. The summed E-state index contributed by atoms with van der Waals surface area (Å²) in [5, 5.41) is 2.67. The second-order valence-electron chi connectivity index (χ2n) is 4.88. The predicted octanol–water partition coefficient (Wildman–Crippen LogP) is 1.34. The van der Waals surface area contributed by atoms with Crippen molar-refractivity contribution in [2.45, 2.75) is 47.0 Å². The molecule has 0 rings (SSSR count). The summed E-state index contributed by atoms with van der Waals surface area (Å²) >= 11 is 0. The summed E-state index contributed by atoms with van der Waals surface area (Å²) < 4.78 is 4.88. The molecule has 0 radical (unpaired) electrons. The summed E-state index contributed by atoms with van der Waals surface area (Å²) in [5.41, 5.74) is 0. The van der Waals surface area contributed by atoms with Crippen LogP contribution < -0.4 is 5.32 Å². The molecule has 122 valence electrons. The first kappa shape index (κ1) is 19.4. The van der Waals surface area contributed by atoms with E-state index in [9.17, 15) is 14.4 Å². The number of rotatable bonds is 10. The first-order chi connectivity index (χ1) is 9.96. The van der Waals surface area contributed by atoms with Gasteiger partial charge in [-0.3, -0.25) is 14.4 Å². The molecule has 0 aromatic heterocycles. The van der Waals surface area contributed by atoms with Crippen LogP contribution in [0, 0.1) is 5.92 Å². The average molecular weight is 300 g/mol. The minimum absolute atomic E-state index is 0.0367. The van der Waals surface area contributed by atoms with Crippen molar-refractivity contribution in [3.8, 4) is 0 Å². The maximum atomic E-state index is 12.4. The Morgan fingerprint density at radius 2 is 1.71 bits per heavy atom. The van der Waals surface area contributed by atoms with Crippen LogP contribution in [0.2, 0.25) is 0 Å². The van der Waals surface area contributed by atoms with E-state index in [4.69, 9.17) is 4.74 Å². The fraction of sp³-hybridized carbons (Fsp3) is 0.800. The van der Waals surface area contributed by atoms with E-state index in [0.29, 0.717) is 26.2 Å². The van der Waals surface area contributed by atoms with Gasteiger partial charge in [0.1, 0.15) is 0 Å². The number of ether oxygens (including phenoxy) is 1. The van der Waals surface area contributed by atoms with Gasteiger partial charge in [-0.25, -0.2) is 0 Å². The zero-order valence-corrected chi connectivity index (χ0v) is 13.6. The molecule has 6 heteroatoms. The van der Waals surface area contributed by atoms with Crippen molar-refractivity contribution in [3.63, 3.8) is 0 Å². The molecule has 0 aliphatic heterocycles. The smallest absolute Gasteiger partial charge is 0.307 e. The van der Waals surface area contributed by atoms with Gasteiger partial charge in [0, 0.05) is 32.5 Å². The van der Waals surface area contributed by atoms with Crippen molar-refractivity contribution in [2.75, 3.05) is 26.2 Å². The van der Waals surface area contributed by atoms with Crippen molar-refractivity contribution >= 4 is 17.8 Å². The van der Waals surface area contributed by atoms with Crippen LogP contribution in [-0.4, -0.2) is 48.9 Å².